The second kappa shape index (κ2) is 8.26. The highest BCUT2D eigenvalue weighted by Crippen LogP contribution is 2.26. The number of aliphatic hydroxyl groups excluding tert-OH is 1. The smallest absolute Gasteiger partial charge is 0.273 e. The maximum absolute atomic E-state index is 12.3. The molecule has 2 rings (SSSR count). The van der Waals surface area contributed by atoms with E-state index in [1.807, 2.05) is 38.1 Å². The van der Waals surface area contributed by atoms with Crippen molar-refractivity contribution in [1.82, 2.24) is 9.88 Å². The van der Waals surface area contributed by atoms with Gasteiger partial charge < -0.3 is 14.7 Å². The average Bonchev–Trinajstić information content (AvgIpc) is 3.01. The third-order valence-corrected chi connectivity index (χ3v) is 4.32. The van der Waals surface area contributed by atoms with Gasteiger partial charge in [0.25, 0.3) is 5.91 Å². The molecule has 0 fully saturated rings. The number of amides is 1. The summed E-state index contributed by atoms with van der Waals surface area (Å²) in [5, 5.41) is 11.9. The maximum Gasteiger partial charge on any atom is 0.273 e. The summed E-state index contributed by atoms with van der Waals surface area (Å²) < 4.78 is 5.63. The van der Waals surface area contributed by atoms with E-state index in [1.54, 1.807) is 24.3 Å². The molecule has 0 radical (unpaired) electrons. The van der Waals surface area contributed by atoms with Crippen LogP contribution in [0.1, 0.15) is 37.7 Å². The molecule has 0 saturated carbocycles. The number of ether oxygens (including phenoxy) is 1. The summed E-state index contributed by atoms with van der Waals surface area (Å²) in [4.78, 5) is 18.4. The molecule has 0 spiro atoms. The highest BCUT2D eigenvalue weighted by molar-refractivity contribution is 7.13. The van der Waals surface area contributed by atoms with E-state index in [0.29, 0.717) is 18.7 Å². The van der Waals surface area contributed by atoms with Crippen LogP contribution in [0.4, 0.5) is 0 Å². The van der Waals surface area contributed by atoms with E-state index in [-0.39, 0.29) is 12.0 Å². The fraction of sp³-hybridized carbons (Fsp3) is 0.444. The Morgan fingerprint density at radius 2 is 1.96 bits per heavy atom. The van der Waals surface area contributed by atoms with Gasteiger partial charge in [-0.15, -0.1) is 11.3 Å². The molecule has 1 unspecified atom stereocenters. The number of thiazole rings is 1. The van der Waals surface area contributed by atoms with Crippen LogP contribution in [0.3, 0.4) is 0 Å². The molecule has 2 aromatic rings. The first-order valence-corrected chi connectivity index (χ1v) is 8.91. The number of rotatable bonds is 7. The number of hydrogen-bond acceptors (Lipinski definition) is 5. The van der Waals surface area contributed by atoms with Crippen molar-refractivity contribution in [3.8, 4) is 16.3 Å². The summed E-state index contributed by atoms with van der Waals surface area (Å²) in [6.07, 6.45) is 0.270. The monoisotopic (exact) mass is 348 g/mol. The minimum Gasteiger partial charge on any atom is -0.491 e. The second-order valence-electron chi connectivity index (χ2n) is 6.09. The number of hydrogen-bond donors (Lipinski definition) is 1. The van der Waals surface area contributed by atoms with Gasteiger partial charge in [0.15, 0.2) is 0 Å². The molecule has 5 nitrogen and oxygen atoms in total. The van der Waals surface area contributed by atoms with E-state index in [4.69, 9.17) is 4.74 Å². The highest BCUT2D eigenvalue weighted by Gasteiger charge is 2.16. The zero-order valence-corrected chi connectivity index (χ0v) is 15.3. The van der Waals surface area contributed by atoms with E-state index >= 15 is 0 Å². The van der Waals surface area contributed by atoms with Crippen molar-refractivity contribution < 1.29 is 14.6 Å². The molecule has 0 saturated heterocycles. The van der Waals surface area contributed by atoms with E-state index < -0.39 is 6.10 Å². The van der Waals surface area contributed by atoms with E-state index in [9.17, 15) is 9.90 Å². The van der Waals surface area contributed by atoms with Crippen molar-refractivity contribution >= 4 is 17.2 Å². The molecule has 6 heteroatoms. The van der Waals surface area contributed by atoms with Gasteiger partial charge in [-0.3, -0.25) is 4.79 Å². The minimum absolute atomic E-state index is 0.127. The number of nitrogens with zero attached hydrogens (tertiary/aromatic N) is 2. The first-order chi connectivity index (χ1) is 11.4. The van der Waals surface area contributed by atoms with Crippen LogP contribution in [-0.4, -0.2) is 46.7 Å². The third-order valence-electron chi connectivity index (χ3n) is 3.43. The second-order valence-corrected chi connectivity index (χ2v) is 6.95. The largest absolute Gasteiger partial charge is 0.491 e. The zero-order chi connectivity index (χ0) is 17.7. The Hall–Kier alpha value is -1.92. The molecule has 0 aliphatic rings. The van der Waals surface area contributed by atoms with Gasteiger partial charge in [-0.2, -0.15) is 0 Å². The van der Waals surface area contributed by atoms with Crippen LogP contribution >= 0.6 is 11.3 Å². The van der Waals surface area contributed by atoms with Crippen LogP contribution in [0, 0.1) is 0 Å². The number of benzene rings is 1. The zero-order valence-electron chi connectivity index (χ0n) is 14.5. The Labute approximate surface area is 146 Å². The third kappa shape index (κ3) is 5.04. The molecule has 1 aromatic carbocycles. The Kier molecular flexibility index (Phi) is 6.34. The highest BCUT2D eigenvalue weighted by atomic mass is 32.1. The molecule has 1 heterocycles. The topological polar surface area (TPSA) is 62.7 Å². The van der Waals surface area contributed by atoms with Crippen LogP contribution in [0.25, 0.3) is 10.6 Å². The molecule has 24 heavy (non-hydrogen) atoms. The molecular weight excluding hydrogens is 324 g/mol. The average molecular weight is 348 g/mol. The van der Waals surface area contributed by atoms with Crippen LogP contribution in [0.2, 0.25) is 0 Å². The SMILES string of the molecule is CC(O)CCN(C)C(=O)c1csc(-c2ccc(OC(C)C)cc2)n1. The van der Waals surface area contributed by atoms with Crippen LogP contribution in [0.5, 0.6) is 5.75 Å². The van der Waals surface area contributed by atoms with Gasteiger partial charge in [0, 0.05) is 24.5 Å². The van der Waals surface area contributed by atoms with E-state index in [1.165, 1.54) is 11.3 Å². The molecule has 0 bridgehead atoms. The predicted octanol–water partition coefficient (Wildman–Crippen LogP) is 3.44. The number of aliphatic hydroxyl groups is 1. The van der Waals surface area contributed by atoms with Crippen LogP contribution < -0.4 is 4.74 Å². The summed E-state index contributed by atoms with van der Waals surface area (Å²) in [6, 6.07) is 7.71. The molecule has 1 atom stereocenters. The van der Waals surface area contributed by atoms with Crippen LogP contribution in [-0.2, 0) is 0 Å². The van der Waals surface area contributed by atoms with Gasteiger partial charge in [0.05, 0.1) is 12.2 Å². The first-order valence-electron chi connectivity index (χ1n) is 8.03. The van der Waals surface area contributed by atoms with Gasteiger partial charge in [-0.25, -0.2) is 4.98 Å². The van der Waals surface area contributed by atoms with E-state index in [2.05, 4.69) is 4.98 Å². The quantitative estimate of drug-likeness (QED) is 0.832. The Bertz CT molecular complexity index is 665. The molecule has 1 amide bonds. The van der Waals surface area contributed by atoms with Crippen molar-refractivity contribution in [1.29, 1.82) is 0 Å². The first kappa shape index (κ1) is 18.4. The fourth-order valence-electron chi connectivity index (χ4n) is 2.13. The normalized spacial score (nSPS) is 12.2. The Morgan fingerprint density at radius 1 is 1.29 bits per heavy atom. The molecule has 0 aliphatic carbocycles. The van der Waals surface area contributed by atoms with Gasteiger partial charge >= 0.3 is 0 Å². The Morgan fingerprint density at radius 3 is 2.54 bits per heavy atom. The standard InChI is InChI=1S/C18H24N2O3S/c1-12(2)23-15-7-5-14(6-8-15)17-19-16(11-24-17)18(22)20(4)10-9-13(3)21/h5-8,11-13,21H,9-10H2,1-4H3. The maximum atomic E-state index is 12.3. The summed E-state index contributed by atoms with van der Waals surface area (Å²) in [7, 11) is 1.72. The van der Waals surface area contributed by atoms with Crippen molar-refractivity contribution in [3.63, 3.8) is 0 Å². The summed E-state index contributed by atoms with van der Waals surface area (Å²) in [5.74, 6) is 0.692. The van der Waals surface area contributed by atoms with Crippen molar-refractivity contribution in [2.45, 2.75) is 39.4 Å². The number of carbonyl (C=O) groups is 1. The lowest BCUT2D eigenvalue weighted by Crippen LogP contribution is -2.29. The van der Waals surface area contributed by atoms with Gasteiger partial charge in [0.2, 0.25) is 0 Å². The summed E-state index contributed by atoms with van der Waals surface area (Å²) in [5.41, 5.74) is 1.40. The van der Waals surface area contributed by atoms with Crippen molar-refractivity contribution in [2.75, 3.05) is 13.6 Å². The van der Waals surface area contributed by atoms with Gasteiger partial charge in [-0.1, -0.05) is 0 Å². The summed E-state index contributed by atoms with van der Waals surface area (Å²) >= 11 is 1.44. The summed E-state index contributed by atoms with van der Waals surface area (Å²) in [6.45, 7) is 6.19. The van der Waals surface area contributed by atoms with Crippen molar-refractivity contribution in [2.24, 2.45) is 0 Å². The lowest BCUT2D eigenvalue weighted by Gasteiger charge is -2.16. The molecule has 1 N–H and O–H groups in total. The number of aromatic nitrogens is 1. The van der Waals surface area contributed by atoms with E-state index in [0.717, 1.165) is 16.3 Å². The lowest BCUT2D eigenvalue weighted by molar-refractivity contribution is 0.0764. The van der Waals surface area contributed by atoms with Gasteiger partial charge in [0.1, 0.15) is 16.5 Å². The molecule has 0 aliphatic heterocycles. The molecular formula is C18H24N2O3S. The minimum atomic E-state index is -0.419. The molecule has 130 valence electrons. The van der Waals surface area contributed by atoms with Crippen LogP contribution in [0.15, 0.2) is 29.6 Å². The predicted molar refractivity (Wildman–Crippen MR) is 96.6 cm³/mol. The van der Waals surface area contributed by atoms with Crippen molar-refractivity contribution in [3.05, 3.63) is 35.3 Å². The lowest BCUT2D eigenvalue weighted by atomic mass is 10.2. The molecule has 1 aromatic heterocycles. The van der Waals surface area contributed by atoms with Gasteiger partial charge in [-0.05, 0) is 51.5 Å². The fourth-order valence-corrected chi connectivity index (χ4v) is 2.93. The Balaban J connectivity index is 2.05. The number of carbonyl (C=O) groups excluding carboxylic acids is 1.